The average Bonchev–Trinajstić information content (AvgIpc) is 2.96. The van der Waals surface area contributed by atoms with Crippen molar-refractivity contribution in [3.05, 3.63) is 59.7 Å². The highest BCUT2D eigenvalue weighted by atomic mass is 33.1. The smallest absolute Gasteiger partial charge is 0.336 e. The minimum atomic E-state index is -1.000. The number of hydrogen-bond acceptors (Lipinski definition) is 4. The average molecular weight is 567 g/mol. The fourth-order valence-corrected chi connectivity index (χ4v) is 6.55. The molecule has 0 bridgehead atoms. The summed E-state index contributed by atoms with van der Waals surface area (Å²) in [5, 5.41) is 18.2. The molecular weight excluding hydrogens is 516 g/mol. The van der Waals surface area contributed by atoms with Gasteiger partial charge in [0, 0.05) is 9.79 Å². The summed E-state index contributed by atoms with van der Waals surface area (Å²) in [6.45, 7) is 28.4. The zero-order valence-corrected chi connectivity index (χ0v) is 26.3. The number of hydrogen-bond donors (Lipinski definition) is 2. The van der Waals surface area contributed by atoms with Crippen LogP contribution in [0.3, 0.4) is 0 Å². The van der Waals surface area contributed by atoms with Crippen molar-refractivity contribution in [3.8, 4) is 0 Å². The van der Waals surface area contributed by atoms with E-state index in [2.05, 4.69) is 55.4 Å². The van der Waals surface area contributed by atoms with Crippen molar-refractivity contribution in [2.75, 3.05) is 52.4 Å². The Morgan fingerprint density at radius 2 is 0.763 bits per heavy atom. The van der Waals surface area contributed by atoms with E-state index in [9.17, 15) is 9.59 Å². The quantitative estimate of drug-likeness (QED) is 0.192. The number of carbonyl (C=O) groups is 2. The van der Waals surface area contributed by atoms with Crippen LogP contribution < -0.4 is 0 Å². The maximum absolute atomic E-state index is 11.1. The molecule has 0 saturated carbocycles. The molecule has 2 N–H and O–H groups in total. The zero-order chi connectivity index (χ0) is 29.2. The third kappa shape index (κ3) is 11.4. The molecule has 0 aliphatic carbocycles. The van der Waals surface area contributed by atoms with Crippen LogP contribution in [-0.4, -0.2) is 83.5 Å². The lowest BCUT2D eigenvalue weighted by molar-refractivity contribution is -0.921. The number of rotatable bonds is 13. The molecule has 0 fully saturated rings. The third-order valence-corrected chi connectivity index (χ3v) is 10.3. The Kier molecular flexibility index (Phi) is 18.1. The molecule has 0 heterocycles. The molecule has 2 rings (SSSR count). The van der Waals surface area contributed by atoms with E-state index >= 15 is 0 Å². The topological polar surface area (TPSA) is 74.6 Å². The highest BCUT2D eigenvalue weighted by Gasteiger charge is 2.17. The van der Waals surface area contributed by atoms with Crippen LogP contribution in [0.15, 0.2) is 58.3 Å². The number of nitrogens with zero attached hydrogens (tertiary/aromatic N) is 2. The van der Waals surface area contributed by atoms with Crippen LogP contribution in [0.2, 0.25) is 0 Å². The largest absolute Gasteiger partial charge is 0.478 e. The lowest BCUT2D eigenvalue weighted by Crippen LogP contribution is -2.47. The Hall–Kier alpha value is -2.00. The molecule has 214 valence electrons. The van der Waals surface area contributed by atoms with E-state index in [1.807, 2.05) is 0 Å². The maximum Gasteiger partial charge on any atom is 0.336 e. The normalized spacial score (nSPS) is 11.1. The third-order valence-electron chi connectivity index (χ3n) is 7.82. The summed E-state index contributed by atoms with van der Waals surface area (Å²) >= 11 is 0. The highest BCUT2D eigenvalue weighted by molar-refractivity contribution is 8.76. The molecule has 0 saturated heterocycles. The predicted octanol–water partition coefficient (Wildman–Crippen LogP) is 7.65. The van der Waals surface area contributed by atoms with Gasteiger partial charge < -0.3 is 19.2 Å². The van der Waals surface area contributed by atoms with E-state index in [-0.39, 0.29) is 11.1 Å². The van der Waals surface area contributed by atoms with Gasteiger partial charge in [-0.2, -0.15) is 0 Å². The first-order valence-electron chi connectivity index (χ1n) is 13.8. The van der Waals surface area contributed by atoms with Gasteiger partial charge >= 0.3 is 11.9 Å². The Balaban J connectivity index is 0.000000636. The highest BCUT2D eigenvalue weighted by Crippen LogP contribution is 2.40. The molecule has 6 nitrogen and oxygen atoms in total. The van der Waals surface area contributed by atoms with Crippen LogP contribution >= 0.6 is 21.6 Å². The zero-order valence-electron chi connectivity index (χ0n) is 24.7. The SMILES string of the molecule is CC[N+](CC)(CC)CC.CC[N+](CC)(CC)CC.O=C(O)c1ccccc1SSc1ccccc1C(=O)O. The lowest BCUT2D eigenvalue weighted by atomic mass is 10.2. The van der Waals surface area contributed by atoms with Gasteiger partial charge in [-0.25, -0.2) is 9.59 Å². The van der Waals surface area contributed by atoms with Crippen LogP contribution in [0.1, 0.15) is 76.1 Å². The van der Waals surface area contributed by atoms with Gasteiger partial charge in [0.1, 0.15) is 0 Å². The van der Waals surface area contributed by atoms with E-state index in [1.54, 1.807) is 36.4 Å². The molecule has 0 unspecified atom stereocenters. The molecule has 0 aliphatic heterocycles. The first-order chi connectivity index (χ1) is 18.1. The molecule has 0 radical (unpaired) electrons. The second kappa shape index (κ2) is 19.1. The number of carboxylic acid groups (broad SMARTS) is 2. The van der Waals surface area contributed by atoms with Gasteiger partial charge in [0.15, 0.2) is 0 Å². The van der Waals surface area contributed by atoms with Crippen molar-refractivity contribution in [2.45, 2.75) is 65.2 Å². The van der Waals surface area contributed by atoms with Crippen LogP contribution in [0.25, 0.3) is 0 Å². The molecule has 2 aromatic carbocycles. The van der Waals surface area contributed by atoms with Crippen LogP contribution in [0, 0.1) is 0 Å². The van der Waals surface area contributed by atoms with Crippen molar-refractivity contribution < 1.29 is 28.8 Å². The first kappa shape index (κ1) is 36.0. The lowest BCUT2D eigenvalue weighted by Gasteiger charge is -2.34. The maximum atomic E-state index is 11.1. The number of aromatic carboxylic acids is 2. The van der Waals surface area contributed by atoms with E-state index in [4.69, 9.17) is 10.2 Å². The summed E-state index contributed by atoms with van der Waals surface area (Å²) in [6, 6.07) is 13.3. The Morgan fingerprint density at radius 1 is 0.526 bits per heavy atom. The molecule has 0 atom stereocenters. The van der Waals surface area contributed by atoms with E-state index in [0.717, 1.165) is 0 Å². The van der Waals surface area contributed by atoms with Gasteiger partial charge in [-0.15, -0.1) is 0 Å². The van der Waals surface area contributed by atoms with Gasteiger partial charge in [-0.3, -0.25) is 0 Å². The monoisotopic (exact) mass is 566 g/mol. The summed E-state index contributed by atoms with van der Waals surface area (Å²) in [6.07, 6.45) is 0. The van der Waals surface area contributed by atoms with Gasteiger partial charge in [0.25, 0.3) is 0 Å². The fraction of sp³-hybridized carbons (Fsp3) is 0.533. The molecule has 0 aliphatic rings. The minimum Gasteiger partial charge on any atom is -0.478 e. The predicted molar refractivity (Wildman–Crippen MR) is 163 cm³/mol. The number of quaternary nitrogens is 2. The Labute approximate surface area is 239 Å². The van der Waals surface area contributed by atoms with Gasteiger partial charge in [-0.05, 0) is 79.7 Å². The summed E-state index contributed by atoms with van der Waals surface area (Å²) in [5.41, 5.74) is 0.413. The van der Waals surface area contributed by atoms with Crippen molar-refractivity contribution >= 4 is 33.5 Å². The van der Waals surface area contributed by atoms with Crippen molar-refractivity contribution in [1.29, 1.82) is 0 Å². The second-order valence-corrected chi connectivity index (χ2v) is 11.2. The van der Waals surface area contributed by atoms with Crippen molar-refractivity contribution in [2.24, 2.45) is 0 Å². The number of carboxylic acids is 2. The van der Waals surface area contributed by atoms with E-state index in [0.29, 0.717) is 9.79 Å². The molecule has 2 aromatic rings. The van der Waals surface area contributed by atoms with Gasteiger partial charge in [-0.1, -0.05) is 45.9 Å². The summed E-state index contributed by atoms with van der Waals surface area (Å²) in [4.78, 5) is 23.4. The summed E-state index contributed by atoms with van der Waals surface area (Å²) < 4.78 is 2.56. The van der Waals surface area contributed by atoms with Crippen LogP contribution in [0.5, 0.6) is 0 Å². The van der Waals surface area contributed by atoms with Gasteiger partial charge in [0.05, 0.1) is 63.5 Å². The van der Waals surface area contributed by atoms with E-state index in [1.165, 1.54) is 95.0 Å². The summed E-state index contributed by atoms with van der Waals surface area (Å²) in [7, 11) is 2.47. The fourth-order valence-electron chi connectivity index (χ4n) is 4.21. The minimum absolute atomic E-state index is 0.206. The van der Waals surface area contributed by atoms with Crippen LogP contribution in [-0.2, 0) is 0 Å². The molecule has 8 heteroatoms. The Morgan fingerprint density at radius 3 is 0.947 bits per heavy atom. The molecule has 0 aromatic heterocycles. The Bertz CT molecular complexity index is 848. The van der Waals surface area contributed by atoms with Crippen molar-refractivity contribution in [1.82, 2.24) is 0 Å². The molecule has 0 spiro atoms. The van der Waals surface area contributed by atoms with Crippen LogP contribution in [0.4, 0.5) is 0 Å². The first-order valence-corrected chi connectivity index (χ1v) is 15.9. The second-order valence-electron chi connectivity index (χ2n) is 8.98. The number of benzene rings is 2. The molecular formula is C30H50N2O4S2+2. The summed E-state index contributed by atoms with van der Waals surface area (Å²) in [5.74, 6) is -2.00. The molecule has 38 heavy (non-hydrogen) atoms. The molecule has 0 amide bonds. The van der Waals surface area contributed by atoms with Crippen molar-refractivity contribution in [3.63, 3.8) is 0 Å². The standard InChI is InChI=1S/C14H10O4S2.2C8H20N/c15-13(16)9-5-1-3-7-11(9)19-20-12-8-4-2-6-10(12)14(17)18;2*1-5-9(6-2,7-3)8-4/h1-8H,(H,15,16)(H,17,18);2*5-8H2,1-4H3/q;2*+1. The van der Waals surface area contributed by atoms with E-state index < -0.39 is 11.9 Å². The van der Waals surface area contributed by atoms with Gasteiger partial charge in [0.2, 0.25) is 0 Å².